The summed E-state index contributed by atoms with van der Waals surface area (Å²) in [5.74, 6) is 0. The molecule has 27 heavy (non-hydrogen) atoms. The average molecular weight is 481 g/mol. The summed E-state index contributed by atoms with van der Waals surface area (Å²) in [6, 6.07) is 31.7. The van der Waals surface area contributed by atoms with Crippen molar-refractivity contribution >= 4 is 39.2 Å². The van der Waals surface area contributed by atoms with Crippen molar-refractivity contribution in [2.75, 3.05) is 0 Å². The van der Waals surface area contributed by atoms with Gasteiger partial charge in [0.05, 0.1) is 6.10 Å². The zero-order valence-electron chi connectivity index (χ0n) is 16.9. The van der Waals surface area contributed by atoms with Crippen molar-refractivity contribution in [3.63, 3.8) is 0 Å². The van der Waals surface area contributed by atoms with Gasteiger partial charge in [0.25, 0.3) is 9.04 Å². The van der Waals surface area contributed by atoms with Gasteiger partial charge in [0.15, 0.2) is 0 Å². The Morgan fingerprint density at radius 3 is 1.44 bits per heavy atom. The second-order valence-electron chi connectivity index (χ2n) is 6.99. The number of benzene rings is 3. The zero-order valence-corrected chi connectivity index (χ0v) is 20.7. The normalized spacial score (nSPS) is 11.8. The first-order valence-corrected chi connectivity index (χ1v) is 19.5. The minimum absolute atomic E-state index is 0.130. The van der Waals surface area contributed by atoms with E-state index in [0.29, 0.717) is 0 Å². The van der Waals surface area contributed by atoms with Crippen LogP contribution >= 0.6 is 0 Å². The van der Waals surface area contributed by atoms with Crippen molar-refractivity contribution in [2.45, 2.75) is 34.3 Å². The average Bonchev–Trinajstić information content (AvgIpc) is 2.70. The number of hydrogen-bond acceptors (Lipinski definition) is 1. The summed E-state index contributed by atoms with van der Waals surface area (Å²) in [7, 11) is -1.26. The fourth-order valence-electron chi connectivity index (χ4n) is 2.68. The van der Waals surface area contributed by atoms with Crippen molar-refractivity contribution in [1.29, 1.82) is 0 Å². The van der Waals surface area contributed by atoms with Crippen molar-refractivity contribution in [3.8, 4) is 0 Å². The summed E-state index contributed by atoms with van der Waals surface area (Å²) in [4.78, 5) is 7.09. The van der Waals surface area contributed by atoms with Crippen LogP contribution < -0.4 is 10.4 Å². The Kier molecular flexibility index (Phi) is 9.88. The van der Waals surface area contributed by atoms with E-state index in [1.54, 1.807) is 0 Å². The standard InChI is InChI=1S/C21H21OSi.3CH3.Sn/c1-2-21(18-12-6-3-7-13-18)22-23(19-14-8-4-9-15-19)20-16-10-5-11-17-20;;;;/h3-17,21H,2H2,1H3;3*1H3;. The molecule has 1 atom stereocenters. The van der Waals surface area contributed by atoms with Crippen molar-refractivity contribution in [1.82, 2.24) is 0 Å². The third-order valence-electron chi connectivity index (χ3n) is 3.87. The van der Waals surface area contributed by atoms with E-state index in [4.69, 9.17) is 4.43 Å². The predicted molar refractivity (Wildman–Crippen MR) is 122 cm³/mol. The van der Waals surface area contributed by atoms with E-state index in [2.05, 4.69) is 113 Å². The summed E-state index contributed by atoms with van der Waals surface area (Å²) in [5.41, 5.74) is 1.25. The van der Waals surface area contributed by atoms with Crippen molar-refractivity contribution in [2.24, 2.45) is 0 Å². The Balaban J connectivity index is 0.000000596. The van der Waals surface area contributed by atoms with Crippen molar-refractivity contribution < 1.29 is 4.43 Å². The number of hydrogen-bond donors (Lipinski definition) is 0. The quantitative estimate of drug-likeness (QED) is 0.433. The van der Waals surface area contributed by atoms with E-state index in [0.717, 1.165) is 6.42 Å². The molecule has 0 N–H and O–H groups in total. The van der Waals surface area contributed by atoms with Gasteiger partial charge in [-0.3, -0.25) is 0 Å². The summed E-state index contributed by atoms with van der Waals surface area (Å²) in [5, 5.41) is 2.58. The molecule has 3 heteroatoms. The van der Waals surface area contributed by atoms with Crippen LogP contribution in [0.1, 0.15) is 25.0 Å². The third kappa shape index (κ3) is 7.64. The van der Waals surface area contributed by atoms with E-state index in [-0.39, 0.29) is 6.10 Å². The van der Waals surface area contributed by atoms with Gasteiger partial charge < -0.3 is 4.43 Å². The van der Waals surface area contributed by atoms with Gasteiger partial charge in [-0.25, -0.2) is 0 Å². The summed E-state index contributed by atoms with van der Waals surface area (Å²) in [6.07, 6.45) is 1.10. The van der Waals surface area contributed by atoms with Crippen LogP contribution in [0.15, 0.2) is 91.0 Å². The minimum atomic E-state index is -1.26. The molecule has 0 aliphatic rings. The number of rotatable bonds is 6. The van der Waals surface area contributed by atoms with Gasteiger partial charge in [-0.05, 0) is 22.4 Å². The molecule has 0 heterocycles. The molecule has 0 saturated heterocycles. The van der Waals surface area contributed by atoms with Gasteiger partial charge in [0, 0.05) is 0 Å². The molecule has 3 aromatic rings. The van der Waals surface area contributed by atoms with Crippen LogP contribution in [0.5, 0.6) is 0 Å². The Labute approximate surface area is 173 Å². The van der Waals surface area contributed by atoms with Crippen LogP contribution in [-0.4, -0.2) is 28.8 Å². The maximum absolute atomic E-state index is 6.66. The Morgan fingerprint density at radius 1 is 0.704 bits per heavy atom. The molecular formula is C24H30OSiSn. The Hall–Kier alpha value is -1.36. The fraction of sp³-hybridized carbons (Fsp3) is 0.250. The summed E-state index contributed by atoms with van der Waals surface area (Å²) >= 11 is -0.543. The summed E-state index contributed by atoms with van der Waals surface area (Å²) in [6.45, 7) is 2.19. The van der Waals surface area contributed by atoms with Crippen LogP contribution in [0.2, 0.25) is 14.8 Å². The third-order valence-corrected chi connectivity index (χ3v) is 6.11. The molecule has 0 aromatic heterocycles. The van der Waals surface area contributed by atoms with E-state index >= 15 is 0 Å². The maximum atomic E-state index is 6.66. The topological polar surface area (TPSA) is 9.23 Å². The van der Waals surface area contributed by atoms with Gasteiger partial charge in [0.2, 0.25) is 0 Å². The van der Waals surface area contributed by atoms with Gasteiger partial charge in [-0.1, -0.05) is 97.9 Å². The molecule has 0 aliphatic heterocycles. The van der Waals surface area contributed by atoms with Crippen LogP contribution in [0, 0.1) is 0 Å². The predicted octanol–water partition coefficient (Wildman–Crippen LogP) is 5.33. The van der Waals surface area contributed by atoms with Crippen molar-refractivity contribution in [3.05, 3.63) is 96.6 Å². The molecule has 1 nitrogen and oxygen atoms in total. The molecule has 0 spiro atoms. The van der Waals surface area contributed by atoms with Crippen LogP contribution in [0.3, 0.4) is 0 Å². The van der Waals surface area contributed by atoms with E-state index in [1.165, 1.54) is 15.9 Å². The van der Waals surface area contributed by atoms with Gasteiger partial charge in [0.1, 0.15) is 0 Å². The molecule has 2 radical (unpaired) electrons. The summed E-state index contributed by atoms with van der Waals surface area (Å²) < 4.78 is 6.66. The van der Waals surface area contributed by atoms with Gasteiger partial charge in [-0.15, -0.1) is 0 Å². The Bertz CT molecular complexity index is 705. The van der Waals surface area contributed by atoms with Gasteiger partial charge >= 0.3 is 34.6 Å². The SMILES string of the molecule is CCC(O[Si](c1ccccc1)c1ccccc1)c1ccccc1.[CH3][Sn]([CH3])[CH3]. The molecule has 0 fully saturated rings. The van der Waals surface area contributed by atoms with Gasteiger partial charge in [-0.2, -0.15) is 0 Å². The molecule has 0 amide bonds. The zero-order chi connectivity index (χ0) is 19.5. The molecule has 3 aromatic carbocycles. The molecule has 0 aliphatic carbocycles. The second-order valence-corrected chi connectivity index (χ2v) is 17.6. The molecule has 140 valence electrons. The Morgan fingerprint density at radius 2 is 1.07 bits per heavy atom. The van der Waals surface area contributed by atoms with E-state index in [1.807, 2.05) is 0 Å². The monoisotopic (exact) mass is 482 g/mol. The van der Waals surface area contributed by atoms with Crippen LogP contribution in [-0.2, 0) is 4.43 Å². The molecule has 0 bridgehead atoms. The van der Waals surface area contributed by atoms with Crippen LogP contribution in [0.25, 0.3) is 0 Å². The molecule has 0 saturated carbocycles. The molecule has 1 unspecified atom stereocenters. The molecular weight excluding hydrogens is 451 g/mol. The first kappa shape index (κ1) is 21.9. The van der Waals surface area contributed by atoms with E-state index < -0.39 is 28.8 Å². The first-order valence-electron chi connectivity index (χ1n) is 9.58. The molecule has 3 rings (SSSR count). The first-order chi connectivity index (χ1) is 13.1. The van der Waals surface area contributed by atoms with Crippen LogP contribution in [0.4, 0.5) is 0 Å². The second kappa shape index (κ2) is 12.2. The fourth-order valence-corrected chi connectivity index (χ4v) is 4.86. The van der Waals surface area contributed by atoms with E-state index in [9.17, 15) is 0 Å².